The number of nitrogens with zero attached hydrogens (tertiary/aromatic N) is 1. The molecule has 0 radical (unpaired) electrons. The normalized spacial score (nSPS) is 32.4. The van der Waals surface area contributed by atoms with E-state index in [1.165, 1.54) is 45.3 Å². The van der Waals surface area contributed by atoms with E-state index < -0.39 is 0 Å². The SMILES string of the molecule is CCC1NCCC1N1CCCC1.Cl.Cl. The number of nitrogens with one attached hydrogen (secondary N) is 1. The van der Waals surface area contributed by atoms with Gasteiger partial charge in [-0.25, -0.2) is 0 Å². The lowest BCUT2D eigenvalue weighted by atomic mass is 10.1. The summed E-state index contributed by atoms with van der Waals surface area (Å²) < 4.78 is 0. The maximum Gasteiger partial charge on any atom is 0.0261 e. The minimum atomic E-state index is 0. The van der Waals surface area contributed by atoms with Crippen molar-refractivity contribution >= 4 is 24.8 Å². The van der Waals surface area contributed by atoms with Crippen LogP contribution in [-0.4, -0.2) is 36.6 Å². The van der Waals surface area contributed by atoms with Gasteiger partial charge in [0.15, 0.2) is 0 Å². The third-order valence-electron chi connectivity index (χ3n) is 3.36. The van der Waals surface area contributed by atoms with Crippen LogP contribution in [0.15, 0.2) is 0 Å². The lowest BCUT2D eigenvalue weighted by molar-refractivity contribution is 0.220. The maximum absolute atomic E-state index is 3.59. The Labute approximate surface area is 99.6 Å². The summed E-state index contributed by atoms with van der Waals surface area (Å²) in [6, 6.07) is 1.64. The number of hydrogen-bond donors (Lipinski definition) is 1. The van der Waals surface area contributed by atoms with Crippen LogP contribution in [0.3, 0.4) is 0 Å². The van der Waals surface area contributed by atoms with E-state index in [4.69, 9.17) is 0 Å². The van der Waals surface area contributed by atoms with E-state index in [1.807, 2.05) is 0 Å². The number of rotatable bonds is 2. The van der Waals surface area contributed by atoms with Gasteiger partial charge in [-0.3, -0.25) is 4.90 Å². The van der Waals surface area contributed by atoms with Crippen molar-refractivity contribution in [3.8, 4) is 0 Å². The van der Waals surface area contributed by atoms with Gasteiger partial charge in [-0.15, -0.1) is 24.8 Å². The monoisotopic (exact) mass is 240 g/mol. The molecule has 0 aromatic carbocycles. The van der Waals surface area contributed by atoms with Crippen LogP contribution in [0.2, 0.25) is 0 Å². The van der Waals surface area contributed by atoms with E-state index in [1.54, 1.807) is 0 Å². The minimum Gasteiger partial charge on any atom is -0.312 e. The van der Waals surface area contributed by atoms with Gasteiger partial charge < -0.3 is 5.32 Å². The van der Waals surface area contributed by atoms with Crippen molar-refractivity contribution in [2.45, 2.75) is 44.7 Å². The molecule has 1 N–H and O–H groups in total. The summed E-state index contributed by atoms with van der Waals surface area (Å²) in [7, 11) is 0. The highest BCUT2D eigenvalue weighted by molar-refractivity contribution is 5.85. The zero-order chi connectivity index (χ0) is 8.39. The Morgan fingerprint density at radius 3 is 2.43 bits per heavy atom. The topological polar surface area (TPSA) is 15.3 Å². The molecule has 2 saturated heterocycles. The van der Waals surface area contributed by atoms with Crippen molar-refractivity contribution in [1.82, 2.24) is 10.2 Å². The fraction of sp³-hybridized carbons (Fsp3) is 1.00. The molecule has 2 aliphatic heterocycles. The van der Waals surface area contributed by atoms with Crippen LogP contribution in [0.4, 0.5) is 0 Å². The van der Waals surface area contributed by atoms with Gasteiger partial charge in [-0.05, 0) is 45.3 Å². The largest absolute Gasteiger partial charge is 0.312 e. The average molecular weight is 241 g/mol. The highest BCUT2D eigenvalue weighted by Gasteiger charge is 2.31. The van der Waals surface area contributed by atoms with Gasteiger partial charge >= 0.3 is 0 Å². The molecule has 2 atom stereocenters. The van der Waals surface area contributed by atoms with Crippen molar-refractivity contribution < 1.29 is 0 Å². The van der Waals surface area contributed by atoms with Crippen LogP contribution in [0.5, 0.6) is 0 Å². The van der Waals surface area contributed by atoms with Gasteiger partial charge in [0.2, 0.25) is 0 Å². The molecule has 2 aliphatic rings. The zero-order valence-electron chi connectivity index (χ0n) is 8.87. The Morgan fingerprint density at radius 1 is 1.21 bits per heavy atom. The Balaban J connectivity index is 0.000000845. The Hall–Kier alpha value is 0.500. The zero-order valence-corrected chi connectivity index (χ0v) is 10.5. The molecular formula is C10H22Cl2N2. The maximum atomic E-state index is 3.59. The number of likely N-dealkylation sites (tertiary alicyclic amines) is 1. The molecule has 0 aliphatic carbocycles. The molecular weight excluding hydrogens is 219 g/mol. The van der Waals surface area contributed by atoms with E-state index in [2.05, 4.69) is 17.1 Å². The van der Waals surface area contributed by atoms with E-state index in [0.29, 0.717) is 0 Å². The first-order valence-corrected chi connectivity index (χ1v) is 5.39. The molecule has 2 nitrogen and oxygen atoms in total. The lowest BCUT2D eigenvalue weighted by Crippen LogP contribution is -2.41. The molecule has 2 heterocycles. The average Bonchev–Trinajstić information content (AvgIpc) is 2.74. The second kappa shape index (κ2) is 6.89. The van der Waals surface area contributed by atoms with Crippen LogP contribution in [0.1, 0.15) is 32.6 Å². The summed E-state index contributed by atoms with van der Waals surface area (Å²) in [5, 5.41) is 3.59. The molecule has 0 bridgehead atoms. The first kappa shape index (κ1) is 14.5. The summed E-state index contributed by atoms with van der Waals surface area (Å²) in [5.41, 5.74) is 0. The lowest BCUT2D eigenvalue weighted by Gasteiger charge is -2.27. The summed E-state index contributed by atoms with van der Waals surface area (Å²) in [6.07, 6.45) is 5.51. The molecule has 0 spiro atoms. The highest BCUT2D eigenvalue weighted by atomic mass is 35.5. The first-order chi connectivity index (χ1) is 5.92. The van der Waals surface area contributed by atoms with Crippen LogP contribution in [-0.2, 0) is 0 Å². The second-order valence-electron chi connectivity index (χ2n) is 4.07. The van der Waals surface area contributed by atoms with Crippen LogP contribution < -0.4 is 5.32 Å². The van der Waals surface area contributed by atoms with Gasteiger partial charge in [0.1, 0.15) is 0 Å². The highest BCUT2D eigenvalue weighted by Crippen LogP contribution is 2.21. The van der Waals surface area contributed by atoms with Crippen molar-refractivity contribution in [3.63, 3.8) is 0 Å². The molecule has 0 amide bonds. The van der Waals surface area contributed by atoms with E-state index in [9.17, 15) is 0 Å². The standard InChI is InChI=1S/C10H20N2.2ClH/c1-2-9-10(5-6-11-9)12-7-3-4-8-12;;/h9-11H,2-8H2,1H3;2*1H. The molecule has 14 heavy (non-hydrogen) atoms. The molecule has 0 saturated carbocycles. The Morgan fingerprint density at radius 2 is 1.86 bits per heavy atom. The van der Waals surface area contributed by atoms with Gasteiger partial charge in [0, 0.05) is 12.1 Å². The van der Waals surface area contributed by atoms with E-state index in [0.717, 1.165) is 12.1 Å². The fourth-order valence-corrected chi connectivity index (χ4v) is 2.68. The predicted molar refractivity (Wildman–Crippen MR) is 65.8 cm³/mol. The fourth-order valence-electron chi connectivity index (χ4n) is 2.68. The smallest absolute Gasteiger partial charge is 0.0261 e. The molecule has 2 unspecified atom stereocenters. The molecule has 0 aromatic rings. The number of hydrogen-bond acceptors (Lipinski definition) is 2. The van der Waals surface area contributed by atoms with Gasteiger partial charge in [0.25, 0.3) is 0 Å². The molecule has 4 heteroatoms. The van der Waals surface area contributed by atoms with E-state index >= 15 is 0 Å². The van der Waals surface area contributed by atoms with Crippen molar-refractivity contribution in [1.29, 1.82) is 0 Å². The summed E-state index contributed by atoms with van der Waals surface area (Å²) in [5.74, 6) is 0. The third kappa shape index (κ3) is 2.99. The minimum absolute atomic E-state index is 0. The Kier molecular flexibility index (Phi) is 7.13. The molecule has 0 aromatic heterocycles. The van der Waals surface area contributed by atoms with Gasteiger partial charge in [-0.2, -0.15) is 0 Å². The van der Waals surface area contributed by atoms with E-state index in [-0.39, 0.29) is 24.8 Å². The quantitative estimate of drug-likeness (QED) is 0.796. The van der Waals surface area contributed by atoms with Gasteiger partial charge in [0.05, 0.1) is 0 Å². The third-order valence-corrected chi connectivity index (χ3v) is 3.36. The van der Waals surface area contributed by atoms with Crippen molar-refractivity contribution in [2.75, 3.05) is 19.6 Å². The Bertz CT molecular complexity index is 149. The molecule has 2 fully saturated rings. The first-order valence-electron chi connectivity index (χ1n) is 5.39. The predicted octanol–water partition coefficient (Wildman–Crippen LogP) is 2.07. The summed E-state index contributed by atoms with van der Waals surface area (Å²) >= 11 is 0. The van der Waals surface area contributed by atoms with Crippen LogP contribution >= 0.6 is 24.8 Å². The van der Waals surface area contributed by atoms with Crippen molar-refractivity contribution in [2.24, 2.45) is 0 Å². The number of halogens is 2. The second-order valence-corrected chi connectivity index (χ2v) is 4.07. The van der Waals surface area contributed by atoms with Crippen LogP contribution in [0, 0.1) is 0 Å². The van der Waals surface area contributed by atoms with Gasteiger partial charge in [-0.1, -0.05) is 6.92 Å². The van der Waals surface area contributed by atoms with Crippen molar-refractivity contribution in [3.05, 3.63) is 0 Å². The van der Waals surface area contributed by atoms with Crippen LogP contribution in [0.25, 0.3) is 0 Å². The summed E-state index contributed by atoms with van der Waals surface area (Å²) in [6.45, 7) is 6.23. The summed E-state index contributed by atoms with van der Waals surface area (Å²) in [4.78, 5) is 2.69. The molecule has 2 rings (SSSR count). The molecule has 86 valence electrons.